The lowest BCUT2D eigenvalue weighted by molar-refractivity contribution is -0.113. The number of fused-ring (bicyclic) bond motifs is 1. The van der Waals surface area contributed by atoms with Crippen molar-refractivity contribution in [3.63, 3.8) is 0 Å². The van der Waals surface area contributed by atoms with E-state index < -0.39 is 0 Å². The van der Waals surface area contributed by atoms with Gasteiger partial charge in [-0.15, -0.1) is 0 Å². The number of aldehydes is 1. The normalized spacial score (nSPS) is 16.9. The van der Waals surface area contributed by atoms with Crippen LogP contribution in [0.25, 0.3) is 0 Å². The van der Waals surface area contributed by atoms with Crippen molar-refractivity contribution in [2.24, 2.45) is 5.92 Å². The van der Waals surface area contributed by atoms with E-state index in [1.807, 2.05) is 12.1 Å². The summed E-state index contributed by atoms with van der Waals surface area (Å²) in [7, 11) is 0. The number of benzene rings is 3. The molecule has 4 rings (SSSR count). The van der Waals surface area contributed by atoms with Crippen molar-refractivity contribution >= 4 is 6.29 Å². The quantitative estimate of drug-likeness (QED) is 0.482. The van der Waals surface area contributed by atoms with Gasteiger partial charge in [-0.3, -0.25) is 4.90 Å². The molecule has 0 spiro atoms. The van der Waals surface area contributed by atoms with E-state index in [-0.39, 0.29) is 6.04 Å². The Morgan fingerprint density at radius 3 is 1.93 bits per heavy atom. The van der Waals surface area contributed by atoms with Crippen LogP contribution < -0.4 is 0 Å². The van der Waals surface area contributed by atoms with E-state index in [4.69, 9.17) is 0 Å². The molecule has 2 atom stereocenters. The summed E-state index contributed by atoms with van der Waals surface area (Å²) in [6.45, 7) is 1.59. The number of aryl methyl sites for hydroxylation is 1. The van der Waals surface area contributed by atoms with Gasteiger partial charge >= 0.3 is 0 Å². The molecule has 0 saturated heterocycles. The number of nitrogens with zero attached hydrogens (tertiary/aromatic N) is 1. The monoisotopic (exact) mass is 383 g/mol. The summed E-state index contributed by atoms with van der Waals surface area (Å²) in [4.78, 5) is 14.5. The van der Waals surface area contributed by atoms with Gasteiger partial charge in [0.1, 0.15) is 6.29 Å². The first-order valence-electron chi connectivity index (χ1n) is 10.7. The molecule has 148 valence electrons. The second kappa shape index (κ2) is 9.67. The third-order valence-corrected chi connectivity index (χ3v) is 6.11. The lowest BCUT2D eigenvalue weighted by Gasteiger charge is -2.33. The number of carbonyl (C=O) groups is 1. The summed E-state index contributed by atoms with van der Waals surface area (Å²) >= 11 is 0. The van der Waals surface area contributed by atoms with Gasteiger partial charge in [0.15, 0.2) is 0 Å². The molecule has 0 saturated carbocycles. The molecule has 2 heteroatoms. The molecule has 1 aliphatic carbocycles. The molecular formula is C27H29NO. The predicted molar refractivity (Wildman–Crippen MR) is 119 cm³/mol. The minimum Gasteiger partial charge on any atom is -0.302 e. The van der Waals surface area contributed by atoms with Crippen molar-refractivity contribution in [3.05, 3.63) is 107 Å². The average molecular weight is 384 g/mol. The summed E-state index contributed by atoms with van der Waals surface area (Å²) in [6.07, 6.45) is 5.49. The Bertz CT molecular complexity index is 865. The predicted octanol–water partition coefficient (Wildman–Crippen LogP) is 5.45. The maximum absolute atomic E-state index is 12.2. The van der Waals surface area contributed by atoms with Crippen LogP contribution >= 0.6 is 0 Å². The lowest BCUT2D eigenvalue weighted by Crippen LogP contribution is -2.38. The van der Waals surface area contributed by atoms with Crippen LogP contribution in [0.15, 0.2) is 84.9 Å². The van der Waals surface area contributed by atoms with Gasteiger partial charge in [0.2, 0.25) is 0 Å². The molecule has 0 aromatic heterocycles. The van der Waals surface area contributed by atoms with Crippen molar-refractivity contribution in [2.45, 2.75) is 44.8 Å². The lowest BCUT2D eigenvalue weighted by atomic mass is 9.80. The molecule has 0 fully saturated rings. The van der Waals surface area contributed by atoms with Gasteiger partial charge in [0, 0.05) is 13.1 Å². The fourth-order valence-corrected chi connectivity index (χ4v) is 4.53. The zero-order valence-corrected chi connectivity index (χ0v) is 16.9. The highest BCUT2D eigenvalue weighted by Crippen LogP contribution is 2.29. The van der Waals surface area contributed by atoms with E-state index in [0.717, 1.165) is 32.4 Å². The highest BCUT2D eigenvalue weighted by Gasteiger charge is 2.25. The van der Waals surface area contributed by atoms with Crippen LogP contribution in [0, 0.1) is 5.92 Å². The van der Waals surface area contributed by atoms with Crippen LogP contribution in [-0.4, -0.2) is 17.2 Å². The largest absolute Gasteiger partial charge is 0.302 e. The molecule has 29 heavy (non-hydrogen) atoms. The van der Waals surface area contributed by atoms with Gasteiger partial charge in [-0.05, 0) is 53.9 Å². The topological polar surface area (TPSA) is 20.3 Å². The number of hydrogen-bond acceptors (Lipinski definition) is 2. The van der Waals surface area contributed by atoms with E-state index in [9.17, 15) is 4.79 Å². The van der Waals surface area contributed by atoms with Crippen molar-refractivity contribution < 1.29 is 4.79 Å². The number of hydrogen-bond donors (Lipinski definition) is 0. The maximum atomic E-state index is 12.2. The molecule has 0 aliphatic heterocycles. The molecule has 0 heterocycles. The van der Waals surface area contributed by atoms with E-state index in [1.165, 1.54) is 35.0 Å². The van der Waals surface area contributed by atoms with Crippen molar-refractivity contribution in [3.8, 4) is 0 Å². The minimum absolute atomic E-state index is 0.0642. The van der Waals surface area contributed by atoms with Crippen LogP contribution in [0.1, 0.15) is 35.1 Å². The van der Waals surface area contributed by atoms with Crippen LogP contribution in [0.2, 0.25) is 0 Å². The summed E-state index contributed by atoms with van der Waals surface area (Å²) in [5, 5.41) is 0. The highest BCUT2D eigenvalue weighted by molar-refractivity contribution is 5.57. The third-order valence-electron chi connectivity index (χ3n) is 6.11. The van der Waals surface area contributed by atoms with Gasteiger partial charge in [-0.25, -0.2) is 0 Å². The molecule has 0 amide bonds. The first kappa shape index (κ1) is 19.6. The van der Waals surface area contributed by atoms with Crippen LogP contribution in [0.3, 0.4) is 0 Å². The summed E-state index contributed by atoms with van der Waals surface area (Å²) in [5.41, 5.74) is 5.46. The van der Waals surface area contributed by atoms with E-state index >= 15 is 0 Å². The van der Waals surface area contributed by atoms with Crippen LogP contribution in [-0.2, 0) is 30.7 Å². The van der Waals surface area contributed by atoms with Crippen molar-refractivity contribution in [1.82, 2.24) is 4.90 Å². The van der Waals surface area contributed by atoms with Crippen molar-refractivity contribution in [1.29, 1.82) is 0 Å². The molecule has 1 aliphatic rings. The van der Waals surface area contributed by atoms with Crippen molar-refractivity contribution in [2.75, 3.05) is 0 Å². The maximum Gasteiger partial charge on any atom is 0.137 e. The second-order valence-electron chi connectivity index (χ2n) is 8.19. The Morgan fingerprint density at radius 1 is 0.793 bits per heavy atom. The number of rotatable bonds is 8. The first-order valence-corrected chi connectivity index (χ1v) is 10.7. The zero-order chi connectivity index (χ0) is 19.9. The summed E-state index contributed by atoms with van der Waals surface area (Å²) in [6, 6.07) is 29.7. The average Bonchev–Trinajstić information content (AvgIpc) is 2.78. The summed E-state index contributed by atoms with van der Waals surface area (Å²) < 4.78 is 0. The Hall–Kier alpha value is -2.71. The van der Waals surface area contributed by atoms with Gasteiger partial charge < -0.3 is 4.79 Å². The Morgan fingerprint density at radius 2 is 1.34 bits per heavy atom. The molecule has 0 radical (unpaired) electrons. The SMILES string of the molecule is O=CC(CC1CCc2ccccc2C1)N(Cc1ccccc1)Cc1ccccc1. The van der Waals surface area contributed by atoms with Crippen LogP contribution in [0.5, 0.6) is 0 Å². The fourth-order valence-electron chi connectivity index (χ4n) is 4.53. The third kappa shape index (κ3) is 5.21. The summed E-state index contributed by atoms with van der Waals surface area (Å²) in [5.74, 6) is 0.564. The van der Waals surface area contributed by atoms with Gasteiger partial charge in [0.25, 0.3) is 0 Å². The standard InChI is InChI=1S/C27H29NO/c29-21-27(18-24-15-16-25-13-7-8-14-26(25)17-24)28(19-22-9-3-1-4-10-22)20-23-11-5-2-6-12-23/h1-14,21,24,27H,15-20H2. The first-order chi connectivity index (χ1) is 14.3. The minimum atomic E-state index is -0.0642. The Balaban J connectivity index is 1.50. The molecule has 2 unspecified atom stereocenters. The van der Waals surface area contributed by atoms with E-state index in [2.05, 4.69) is 77.7 Å². The fraction of sp³-hybridized carbons (Fsp3) is 0.296. The molecule has 0 N–H and O–H groups in total. The molecule has 3 aromatic rings. The second-order valence-corrected chi connectivity index (χ2v) is 8.19. The molecule has 0 bridgehead atoms. The van der Waals surface area contributed by atoms with Crippen LogP contribution in [0.4, 0.5) is 0 Å². The number of carbonyl (C=O) groups excluding carboxylic acids is 1. The highest BCUT2D eigenvalue weighted by atomic mass is 16.1. The Kier molecular flexibility index (Phi) is 6.53. The van der Waals surface area contributed by atoms with E-state index in [0.29, 0.717) is 5.92 Å². The van der Waals surface area contributed by atoms with Gasteiger partial charge in [-0.1, -0.05) is 84.9 Å². The molecular weight excluding hydrogens is 354 g/mol. The molecule has 2 nitrogen and oxygen atoms in total. The van der Waals surface area contributed by atoms with Gasteiger partial charge in [-0.2, -0.15) is 0 Å². The zero-order valence-electron chi connectivity index (χ0n) is 16.9. The van der Waals surface area contributed by atoms with E-state index in [1.54, 1.807) is 0 Å². The molecule has 3 aromatic carbocycles. The smallest absolute Gasteiger partial charge is 0.137 e. The Labute approximate surface area is 174 Å². The van der Waals surface area contributed by atoms with Gasteiger partial charge in [0.05, 0.1) is 6.04 Å².